The van der Waals surface area contributed by atoms with Crippen LogP contribution in [0.5, 0.6) is 0 Å². The lowest BCUT2D eigenvalue weighted by molar-refractivity contribution is -0.146. The van der Waals surface area contributed by atoms with Crippen LogP contribution in [0.1, 0.15) is 18.4 Å². The maximum absolute atomic E-state index is 14.7. The van der Waals surface area contributed by atoms with Crippen molar-refractivity contribution in [2.24, 2.45) is 11.8 Å². The molecular weight excluding hydrogens is 542 g/mol. The molecule has 1 N–H and O–H groups in total. The van der Waals surface area contributed by atoms with E-state index in [1.54, 1.807) is 48.4 Å². The largest absolute Gasteiger partial charge is 0.394 e. The Morgan fingerprint density at radius 1 is 1.12 bits per heavy atom. The van der Waals surface area contributed by atoms with Gasteiger partial charge in [0.15, 0.2) is 0 Å². The predicted octanol–water partition coefficient (Wildman–Crippen LogP) is 3.48. The first kappa shape index (κ1) is 29.0. The number of hydrogen-bond donors (Lipinski definition) is 1. The van der Waals surface area contributed by atoms with Crippen LogP contribution >= 0.6 is 11.6 Å². The van der Waals surface area contributed by atoms with Crippen LogP contribution in [-0.2, 0) is 25.5 Å². The molecule has 6 atom stereocenters. The van der Waals surface area contributed by atoms with Crippen molar-refractivity contribution in [1.82, 2.24) is 9.80 Å². The second kappa shape index (κ2) is 11.8. The Morgan fingerprint density at radius 2 is 1.80 bits per heavy atom. The molecule has 0 radical (unpaired) electrons. The Morgan fingerprint density at radius 3 is 2.46 bits per heavy atom. The normalized spacial score (nSPS) is 26.9. The molecule has 5 rings (SSSR count). The highest BCUT2D eigenvalue weighted by molar-refractivity contribution is 6.34. The Bertz CT molecular complexity index is 1340. The first-order chi connectivity index (χ1) is 19.8. The van der Waals surface area contributed by atoms with Crippen molar-refractivity contribution in [3.8, 4) is 0 Å². The van der Waals surface area contributed by atoms with Gasteiger partial charge in [0.1, 0.15) is 11.6 Å². The van der Waals surface area contributed by atoms with Crippen molar-refractivity contribution >= 4 is 35.0 Å². The summed E-state index contributed by atoms with van der Waals surface area (Å²) in [5.41, 5.74) is 0.192. The molecule has 0 saturated carbocycles. The number of fused-ring (bicyclic) bond motifs is 1. The Hall–Kier alpha value is -3.46. The lowest BCUT2D eigenvalue weighted by Gasteiger charge is -2.39. The van der Waals surface area contributed by atoms with Gasteiger partial charge in [-0.25, -0.2) is 0 Å². The third-order valence-corrected chi connectivity index (χ3v) is 9.00. The number of likely N-dealkylation sites (tertiary alicyclic amines) is 1. The number of likely N-dealkylation sites (N-methyl/N-ethyl adjacent to an activating group) is 1. The van der Waals surface area contributed by atoms with Gasteiger partial charge in [-0.05, 0) is 37.0 Å². The minimum absolute atomic E-state index is 0.151. The summed E-state index contributed by atoms with van der Waals surface area (Å²) in [5, 5.41) is 11.0. The van der Waals surface area contributed by atoms with Crippen molar-refractivity contribution in [1.29, 1.82) is 0 Å². The summed E-state index contributed by atoms with van der Waals surface area (Å²) >= 11 is 6.55. The standard InChI is InChI=1S/C32H36ClN3O5/c1-4-17-34(3)29(38)26-25-15-16-32(41-25)27(26)30(39)36(22(20-37)19-21-11-7-6-8-12-21)28(32)31(40)35(18-5-2)24-14-10-9-13-23(24)33/h4-14,22,25-28,37H,1-2,15-20H2,3H3/t22-,25-,26+,27+,28?,32?/m1/s1. The fourth-order valence-electron chi connectivity index (χ4n) is 6.97. The van der Waals surface area contributed by atoms with Crippen molar-refractivity contribution in [3.05, 3.63) is 90.5 Å². The molecule has 0 aliphatic carbocycles. The van der Waals surface area contributed by atoms with Crippen LogP contribution < -0.4 is 4.90 Å². The lowest BCUT2D eigenvalue weighted by atomic mass is 9.70. The molecule has 2 bridgehead atoms. The van der Waals surface area contributed by atoms with Crippen LogP contribution in [-0.4, -0.2) is 83.2 Å². The van der Waals surface area contributed by atoms with Crippen LogP contribution in [0.3, 0.4) is 0 Å². The first-order valence-corrected chi connectivity index (χ1v) is 14.3. The maximum atomic E-state index is 14.7. The van der Waals surface area contributed by atoms with Crippen molar-refractivity contribution in [3.63, 3.8) is 0 Å². The summed E-state index contributed by atoms with van der Waals surface area (Å²) in [6, 6.07) is 14.8. The van der Waals surface area contributed by atoms with E-state index in [1.165, 1.54) is 9.80 Å². The van der Waals surface area contributed by atoms with Gasteiger partial charge >= 0.3 is 0 Å². The van der Waals surface area contributed by atoms with Crippen molar-refractivity contribution in [2.75, 3.05) is 31.6 Å². The van der Waals surface area contributed by atoms with E-state index in [9.17, 15) is 19.5 Å². The van der Waals surface area contributed by atoms with Gasteiger partial charge < -0.3 is 24.5 Å². The van der Waals surface area contributed by atoms with Crippen LogP contribution in [0.25, 0.3) is 0 Å². The van der Waals surface area contributed by atoms with Gasteiger partial charge in [0, 0.05) is 20.1 Å². The zero-order valence-electron chi connectivity index (χ0n) is 23.2. The zero-order valence-corrected chi connectivity index (χ0v) is 24.0. The molecule has 3 fully saturated rings. The summed E-state index contributed by atoms with van der Waals surface area (Å²) < 4.78 is 6.60. The number of rotatable bonds is 11. The minimum Gasteiger partial charge on any atom is -0.394 e. The molecule has 216 valence electrons. The predicted molar refractivity (Wildman–Crippen MR) is 157 cm³/mol. The lowest BCUT2D eigenvalue weighted by Crippen LogP contribution is -2.59. The highest BCUT2D eigenvalue weighted by Crippen LogP contribution is 2.59. The summed E-state index contributed by atoms with van der Waals surface area (Å²) in [6.45, 7) is 7.70. The number of hydrogen-bond acceptors (Lipinski definition) is 5. The van der Waals surface area contributed by atoms with Gasteiger partial charge in [0.05, 0.1) is 41.3 Å². The van der Waals surface area contributed by atoms with Crippen LogP contribution in [0.2, 0.25) is 5.02 Å². The molecule has 3 aliphatic rings. The molecule has 2 aromatic carbocycles. The molecule has 41 heavy (non-hydrogen) atoms. The number of benzene rings is 2. The average molecular weight is 578 g/mol. The van der Waals surface area contributed by atoms with Crippen molar-refractivity contribution < 1.29 is 24.2 Å². The van der Waals surface area contributed by atoms with Crippen LogP contribution in [0.15, 0.2) is 79.9 Å². The average Bonchev–Trinajstić information content (AvgIpc) is 3.62. The number of para-hydroxylation sites is 1. The number of anilines is 1. The van der Waals surface area contributed by atoms with E-state index >= 15 is 0 Å². The van der Waals surface area contributed by atoms with E-state index < -0.39 is 35.6 Å². The molecule has 2 unspecified atom stereocenters. The van der Waals surface area contributed by atoms with E-state index in [4.69, 9.17) is 16.3 Å². The van der Waals surface area contributed by atoms with E-state index in [0.717, 1.165) is 5.56 Å². The molecule has 3 saturated heterocycles. The Balaban J connectivity index is 1.62. The number of aliphatic hydroxyl groups excluding tert-OH is 1. The van der Waals surface area contributed by atoms with Gasteiger partial charge in [0.2, 0.25) is 11.8 Å². The smallest absolute Gasteiger partial charge is 0.253 e. The number of halogens is 1. The van der Waals surface area contributed by atoms with E-state index in [0.29, 0.717) is 36.5 Å². The second-order valence-electron chi connectivity index (χ2n) is 11.0. The Labute approximate surface area is 245 Å². The second-order valence-corrected chi connectivity index (χ2v) is 11.4. The summed E-state index contributed by atoms with van der Waals surface area (Å²) in [6.07, 6.45) is 4.10. The molecule has 3 heterocycles. The third kappa shape index (κ3) is 4.88. The number of aliphatic hydroxyl groups is 1. The molecule has 9 heteroatoms. The summed E-state index contributed by atoms with van der Waals surface area (Å²) in [7, 11) is 1.68. The quantitative estimate of drug-likeness (QED) is 0.413. The van der Waals surface area contributed by atoms with Gasteiger partial charge in [-0.3, -0.25) is 14.4 Å². The topological polar surface area (TPSA) is 90.4 Å². The number of carbonyl (C=O) groups is 3. The Kier molecular flexibility index (Phi) is 8.36. The molecule has 0 aromatic heterocycles. The molecule has 3 aliphatic heterocycles. The molecule has 1 spiro atoms. The highest BCUT2D eigenvalue weighted by Gasteiger charge is 2.75. The van der Waals surface area contributed by atoms with Crippen molar-refractivity contribution in [2.45, 2.75) is 43.1 Å². The SMILES string of the molecule is C=CCN(C)C(=O)[C@@H]1[C@H]2C(=O)N([C@@H](CO)Cc3ccccc3)C(C(=O)N(CC=C)c3ccccc3Cl)C23CC[C@H]1O3. The fourth-order valence-corrected chi connectivity index (χ4v) is 7.21. The van der Waals surface area contributed by atoms with Gasteiger partial charge in [-0.15, -0.1) is 13.2 Å². The first-order valence-electron chi connectivity index (χ1n) is 14.0. The molecule has 3 amide bonds. The maximum Gasteiger partial charge on any atom is 0.253 e. The molecular formula is C32H36ClN3O5. The van der Waals surface area contributed by atoms with Crippen LogP contribution in [0, 0.1) is 11.8 Å². The van der Waals surface area contributed by atoms with Gasteiger partial charge in [-0.1, -0.05) is 66.2 Å². The number of nitrogens with zero attached hydrogens (tertiary/aromatic N) is 3. The molecule has 2 aromatic rings. The summed E-state index contributed by atoms with van der Waals surface area (Å²) in [4.78, 5) is 47.4. The van der Waals surface area contributed by atoms with E-state index in [2.05, 4.69) is 13.2 Å². The highest BCUT2D eigenvalue weighted by atomic mass is 35.5. The number of ether oxygens (including phenoxy) is 1. The third-order valence-electron chi connectivity index (χ3n) is 8.68. The molecule has 8 nitrogen and oxygen atoms in total. The van der Waals surface area contributed by atoms with Gasteiger partial charge in [0.25, 0.3) is 5.91 Å². The minimum atomic E-state index is -1.21. The van der Waals surface area contributed by atoms with E-state index in [1.807, 2.05) is 30.3 Å². The number of amides is 3. The van der Waals surface area contributed by atoms with Crippen LogP contribution in [0.4, 0.5) is 5.69 Å². The summed E-state index contributed by atoms with van der Waals surface area (Å²) in [5.74, 6) is -2.51. The number of carbonyl (C=O) groups excluding carboxylic acids is 3. The van der Waals surface area contributed by atoms with Gasteiger partial charge in [-0.2, -0.15) is 0 Å². The monoisotopic (exact) mass is 577 g/mol. The zero-order chi connectivity index (χ0) is 29.3. The fraction of sp³-hybridized carbons (Fsp3) is 0.406. The van der Waals surface area contributed by atoms with E-state index in [-0.39, 0.29) is 30.9 Å².